The number of rotatable bonds is 3. The fraction of sp³-hybridized carbons (Fsp3) is 0.364. The highest BCUT2D eigenvalue weighted by molar-refractivity contribution is 9.10. The molecule has 0 spiro atoms. The van der Waals surface area contributed by atoms with E-state index in [1.165, 1.54) is 5.56 Å². The molecule has 2 N–H and O–H groups in total. The second-order valence-corrected chi connectivity index (χ2v) is 8.62. The average molecular weight is 429 g/mol. The Morgan fingerprint density at radius 2 is 1.63 bits per heavy atom. The Morgan fingerprint density at radius 3 is 2.19 bits per heavy atom. The number of nitrogens with one attached hydrogen (secondary N) is 2. The topological polar surface area (TPSA) is 48.8 Å². The summed E-state index contributed by atoms with van der Waals surface area (Å²) in [5.74, 6) is 1.43. The molecule has 2 aromatic rings. The normalized spacial score (nSPS) is 13.0. The van der Waals surface area contributed by atoms with Gasteiger partial charge in [0.2, 0.25) is 0 Å². The van der Waals surface area contributed by atoms with E-state index in [-0.39, 0.29) is 11.5 Å². The fourth-order valence-electron chi connectivity index (χ4n) is 2.69. The minimum atomic E-state index is 0.00233. The highest BCUT2D eigenvalue weighted by Gasteiger charge is 2.20. The van der Waals surface area contributed by atoms with Crippen molar-refractivity contribution < 1.29 is 0 Å². The van der Waals surface area contributed by atoms with Crippen molar-refractivity contribution in [1.29, 1.82) is 0 Å². The van der Waals surface area contributed by atoms with Crippen LogP contribution < -0.4 is 10.6 Å². The van der Waals surface area contributed by atoms with Crippen LogP contribution >= 0.6 is 15.9 Å². The van der Waals surface area contributed by atoms with Crippen molar-refractivity contribution in [3.8, 4) is 0 Å². The number of hydrogen-bond acceptors (Lipinski definition) is 2. The van der Waals surface area contributed by atoms with Gasteiger partial charge in [-0.3, -0.25) is 9.98 Å². The van der Waals surface area contributed by atoms with Gasteiger partial charge in [-0.25, -0.2) is 0 Å². The van der Waals surface area contributed by atoms with E-state index in [9.17, 15) is 0 Å². The Bertz CT molecular complexity index is 818. The largest absolute Gasteiger partial charge is 0.337 e. The van der Waals surface area contributed by atoms with Crippen molar-refractivity contribution in [2.75, 3.05) is 17.7 Å². The number of nitrogens with zero attached hydrogens (tertiary/aromatic N) is 2. The van der Waals surface area contributed by atoms with Crippen LogP contribution in [0.1, 0.15) is 40.2 Å². The lowest BCUT2D eigenvalue weighted by molar-refractivity contribution is 0.592. The molecule has 4 nitrogen and oxygen atoms in total. The Balaban J connectivity index is 2.42. The second kappa shape index (κ2) is 9.18. The zero-order valence-corrected chi connectivity index (χ0v) is 18.6. The fourth-order valence-corrected chi connectivity index (χ4v) is 3.05. The molecule has 0 saturated carbocycles. The van der Waals surface area contributed by atoms with Gasteiger partial charge >= 0.3 is 0 Å². The van der Waals surface area contributed by atoms with E-state index in [4.69, 9.17) is 4.99 Å². The van der Waals surface area contributed by atoms with Crippen LogP contribution in [0.4, 0.5) is 11.4 Å². The highest BCUT2D eigenvalue weighted by Crippen LogP contribution is 2.32. The third kappa shape index (κ3) is 6.21. The lowest BCUT2D eigenvalue weighted by Crippen LogP contribution is -2.32. The molecule has 0 atom stereocenters. The van der Waals surface area contributed by atoms with E-state index < -0.39 is 0 Å². The summed E-state index contributed by atoms with van der Waals surface area (Å²) in [6, 6.07) is 16.4. The summed E-state index contributed by atoms with van der Waals surface area (Å²) >= 11 is 3.59. The molecule has 0 aliphatic carbocycles. The number of amidine groups is 2. The smallest absolute Gasteiger partial charge is 0.169 e. The average Bonchev–Trinajstić information content (AvgIpc) is 2.58. The summed E-state index contributed by atoms with van der Waals surface area (Å²) in [6.07, 6.45) is 0. The van der Waals surface area contributed by atoms with E-state index in [1.54, 1.807) is 7.05 Å². The summed E-state index contributed by atoms with van der Waals surface area (Å²) in [5.41, 5.74) is 3.22. The molecule has 0 fully saturated rings. The third-order valence-electron chi connectivity index (χ3n) is 3.91. The van der Waals surface area contributed by atoms with Crippen LogP contribution in [-0.4, -0.2) is 24.8 Å². The van der Waals surface area contributed by atoms with E-state index in [0.717, 1.165) is 21.7 Å². The summed E-state index contributed by atoms with van der Waals surface area (Å²) in [4.78, 5) is 9.24. The van der Waals surface area contributed by atoms with Crippen LogP contribution in [0.5, 0.6) is 0 Å². The molecule has 2 aromatic carbocycles. The molecule has 27 heavy (non-hydrogen) atoms. The maximum atomic E-state index is 4.79. The molecule has 0 aromatic heterocycles. The van der Waals surface area contributed by atoms with Crippen molar-refractivity contribution in [1.82, 2.24) is 0 Å². The zero-order valence-electron chi connectivity index (χ0n) is 17.0. The van der Waals surface area contributed by atoms with Gasteiger partial charge in [-0.15, -0.1) is 0 Å². The molecular weight excluding hydrogens is 400 g/mol. The van der Waals surface area contributed by atoms with Gasteiger partial charge in [-0.1, -0.05) is 61.0 Å². The number of benzene rings is 2. The molecule has 0 heterocycles. The molecule has 0 aliphatic heterocycles. The Kier molecular flexibility index (Phi) is 7.19. The predicted octanol–water partition coefficient (Wildman–Crippen LogP) is 6.11. The number of aliphatic imine (C=N–C) groups is 2. The van der Waals surface area contributed by atoms with Crippen molar-refractivity contribution in [3.05, 3.63) is 58.6 Å². The van der Waals surface area contributed by atoms with Crippen LogP contribution in [0.15, 0.2) is 63.0 Å². The van der Waals surface area contributed by atoms with Crippen molar-refractivity contribution in [2.45, 2.75) is 46.1 Å². The molecule has 144 valence electrons. The molecule has 0 aliphatic rings. The molecule has 0 saturated heterocycles. The molecule has 0 radical (unpaired) electrons. The van der Waals surface area contributed by atoms with Crippen LogP contribution in [0.3, 0.4) is 0 Å². The van der Waals surface area contributed by atoms with Gasteiger partial charge in [0.1, 0.15) is 0 Å². The number of halogens is 1. The molecule has 0 bridgehead atoms. The Morgan fingerprint density at radius 1 is 0.963 bits per heavy atom. The summed E-state index contributed by atoms with van der Waals surface area (Å²) < 4.78 is 1.02. The van der Waals surface area contributed by atoms with Crippen molar-refractivity contribution in [2.24, 2.45) is 9.98 Å². The maximum absolute atomic E-state index is 4.79. The van der Waals surface area contributed by atoms with E-state index in [0.29, 0.717) is 5.84 Å². The minimum Gasteiger partial charge on any atom is -0.337 e. The minimum absolute atomic E-state index is 0.00233. The van der Waals surface area contributed by atoms with E-state index in [1.807, 2.05) is 30.3 Å². The van der Waals surface area contributed by atoms with Gasteiger partial charge < -0.3 is 10.6 Å². The lowest BCUT2D eigenvalue weighted by atomic mass is 9.86. The SMILES string of the molecule is C/N=C(Nc1ccccc1)\C(=N/C(C)C)Nc1cc(Br)ccc1C(C)(C)C. The standard InChI is InChI=1S/C22H29BrN4/c1-15(2)25-21(20(24-6)26-17-10-8-7-9-11-17)27-19-14-16(23)12-13-18(19)22(3,4)5/h7-15H,1-6H3,(H,24,26)(H,25,27). The van der Waals surface area contributed by atoms with Gasteiger partial charge in [-0.05, 0) is 49.1 Å². The van der Waals surface area contributed by atoms with Crippen molar-refractivity contribution >= 4 is 39.0 Å². The summed E-state index contributed by atoms with van der Waals surface area (Å²) in [5, 5.41) is 6.90. The van der Waals surface area contributed by atoms with E-state index in [2.05, 4.69) is 84.4 Å². The number of para-hydroxylation sites is 1. The van der Waals surface area contributed by atoms with Crippen LogP contribution in [-0.2, 0) is 5.41 Å². The van der Waals surface area contributed by atoms with Gasteiger partial charge in [0.25, 0.3) is 0 Å². The van der Waals surface area contributed by atoms with Gasteiger partial charge in [-0.2, -0.15) is 0 Å². The first kappa shape index (κ1) is 21.2. The summed E-state index contributed by atoms with van der Waals surface area (Å²) in [7, 11) is 1.77. The third-order valence-corrected chi connectivity index (χ3v) is 4.41. The molecule has 0 unspecified atom stereocenters. The second-order valence-electron chi connectivity index (χ2n) is 7.70. The lowest BCUT2D eigenvalue weighted by Gasteiger charge is -2.25. The number of hydrogen-bond donors (Lipinski definition) is 2. The summed E-state index contributed by atoms with van der Waals surface area (Å²) in [6.45, 7) is 10.7. The van der Waals surface area contributed by atoms with E-state index >= 15 is 0 Å². The zero-order chi connectivity index (χ0) is 20.0. The maximum Gasteiger partial charge on any atom is 0.169 e. The predicted molar refractivity (Wildman–Crippen MR) is 122 cm³/mol. The number of anilines is 2. The van der Waals surface area contributed by atoms with Crippen LogP contribution in [0, 0.1) is 0 Å². The Hall–Kier alpha value is -2.14. The first-order valence-electron chi connectivity index (χ1n) is 9.15. The molecule has 5 heteroatoms. The monoisotopic (exact) mass is 428 g/mol. The molecule has 0 amide bonds. The van der Waals surface area contributed by atoms with Gasteiger partial charge in [0.05, 0.1) is 0 Å². The van der Waals surface area contributed by atoms with Crippen molar-refractivity contribution in [3.63, 3.8) is 0 Å². The molecule has 2 rings (SSSR count). The first-order valence-corrected chi connectivity index (χ1v) is 9.94. The Labute approximate surface area is 171 Å². The van der Waals surface area contributed by atoms with Crippen LogP contribution in [0.25, 0.3) is 0 Å². The highest BCUT2D eigenvalue weighted by atomic mass is 79.9. The quantitative estimate of drug-likeness (QED) is 0.457. The molecular formula is C22H29BrN4. The first-order chi connectivity index (χ1) is 12.7. The van der Waals surface area contributed by atoms with Gasteiger partial charge in [0.15, 0.2) is 11.7 Å². The van der Waals surface area contributed by atoms with Crippen LogP contribution in [0.2, 0.25) is 0 Å². The van der Waals surface area contributed by atoms with Gasteiger partial charge in [0, 0.05) is 28.9 Å².